The molecule has 0 fully saturated rings. The van der Waals surface area contributed by atoms with Gasteiger partial charge in [0, 0.05) is 11.6 Å². The van der Waals surface area contributed by atoms with E-state index in [9.17, 15) is 9.18 Å². The Hall–Kier alpha value is -2.07. The Morgan fingerprint density at radius 2 is 1.86 bits per heavy atom. The molecule has 0 spiro atoms. The quantitative estimate of drug-likeness (QED) is 0.856. The minimum atomic E-state index is -0.302. The van der Waals surface area contributed by atoms with Crippen LogP contribution in [0.2, 0.25) is 5.02 Å². The Bertz CT molecular complexity index is 648. The normalized spacial score (nSPS) is 11.8. The average Bonchev–Trinajstić information content (AvgIpc) is 2.49. The topological polar surface area (TPSA) is 41.1 Å². The second kappa shape index (κ2) is 7.80. The maximum absolute atomic E-state index is 13.4. The molecule has 2 rings (SSSR count). The van der Waals surface area contributed by atoms with Crippen molar-refractivity contribution in [2.24, 2.45) is 0 Å². The Kier molecular flexibility index (Phi) is 5.78. The van der Waals surface area contributed by atoms with Crippen LogP contribution in [0, 0.1) is 5.82 Å². The van der Waals surface area contributed by atoms with Crippen molar-refractivity contribution in [3.05, 3.63) is 70.5 Å². The Labute approximate surface area is 134 Å². The average molecular weight is 321 g/mol. The maximum atomic E-state index is 13.4. The van der Waals surface area contributed by atoms with Crippen LogP contribution in [0.5, 0.6) is 0 Å². The number of rotatable bonds is 5. The van der Waals surface area contributed by atoms with Gasteiger partial charge in [-0.3, -0.25) is 0 Å². The Morgan fingerprint density at radius 3 is 2.59 bits per heavy atom. The largest absolute Gasteiger partial charge is 0.338 e. The summed E-state index contributed by atoms with van der Waals surface area (Å²) >= 11 is 6.09. The van der Waals surface area contributed by atoms with Gasteiger partial charge < -0.3 is 10.6 Å². The van der Waals surface area contributed by atoms with Gasteiger partial charge in [0.25, 0.3) is 0 Å². The summed E-state index contributed by atoms with van der Waals surface area (Å²) in [6, 6.07) is 13.4. The minimum Gasteiger partial charge on any atom is -0.338 e. The molecule has 5 heteroatoms. The van der Waals surface area contributed by atoms with Gasteiger partial charge in [-0.05, 0) is 36.6 Å². The second-order valence-corrected chi connectivity index (χ2v) is 5.39. The van der Waals surface area contributed by atoms with Gasteiger partial charge in [-0.15, -0.1) is 0 Å². The number of hydrogen-bond acceptors (Lipinski definition) is 1. The SMILES string of the molecule is CC(NC(=O)NCCc1ccccc1F)c1ccccc1Cl. The predicted octanol–water partition coefficient (Wildman–Crippen LogP) is 4.08. The molecule has 3 nitrogen and oxygen atoms in total. The van der Waals surface area contributed by atoms with E-state index in [1.54, 1.807) is 24.3 Å². The van der Waals surface area contributed by atoms with Crippen LogP contribution in [0.15, 0.2) is 48.5 Å². The molecule has 0 aliphatic carbocycles. The third-order valence-corrected chi connectivity index (χ3v) is 3.70. The van der Waals surface area contributed by atoms with E-state index in [1.807, 2.05) is 25.1 Å². The lowest BCUT2D eigenvalue weighted by molar-refractivity contribution is 0.238. The van der Waals surface area contributed by atoms with Crippen molar-refractivity contribution in [1.82, 2.24) is 10.6 Å². The molecule has 0 aliphatic heterocycles. The molecule has 0 radical (unpaired) electrons. The maximum Gasteiger partial charge on any atom is 0.315 e. The Balaban J connectivity index is 1.81. The van der Waals surface area contributed by atoms with E-state index in [-0.39, 0.29) is 17.9 Å². The van der Waals surface area contributed by atoms with Gasteiger partial charge in [-0.25, -0.2) is 9.18 Å². The van der Waals surface area contributed by atoms with Gasteiger partial charge in [-0.2, -0.15) is 0 Å². The first-order valence-electron chi connectivity index (χ1n) is 7.10. The molecule has 0 aliphatic rings. The number of benzene rings is 2. The monoisotopic (exact) mass is 320 g/mol. The van der Waals surface area contributed by atoms with Crippen LogP contribution in [0.25, 0.3) is 0 Å². The lowest BCUT2D eigenvalue weighted by Gasteiger charge is -2.16. The third-order valence-electron chi connectivity index (χ3n) is 3.36. The lowest BCUT2D eigenvalue weighted by Crippen LogP contribution is -2.38. The van der Waals surface area contributed by atoms with Crippen molar-refractivity contribution in [1.29, 1.82) is 0 Å². The summed E-state index contributed by atoms with van der Waals surface area (Å²) in [6.07, 6.45) is 0.445. The molecule has 1 atom stereocenters. The molecular formula is C17H18ClFN2O. The molecule has 116 valence electrons. The van der Waals surface area contributed by atoms with Crippen molar-refractivity contribution in [2.75, 3.05) is 6.54 Å². The van der Waals surface area contributed by atoms with E-state index in [1.165, 1.54) is 6.07 Å². The fourth-order valence-corrected chi connectivity index (χ4v) is 2.46. The molecule has 0 aromatic heterocycles. The first kappa shape index (κ1) is 16.3. The van der Waals surface area contributed by atoms with Gasteiger partial charge in [0.1, 0.15) is 5.82 Å². The third kappa shape index (κ3) is 4.46. The molecule has 0 heterocycles. The predicted molar refractivity (Wildman–Crippen MR) is 86.5 cm³/mol. The second-order valence-electron chi connectivity index (χ2n) is 4.98. The van der Waals surface area contributed by atoms with Gasteiger partial charge in [0.05, 0.1) is 6.04 Å². The van der Waals surface area contributed by atoms with Crippen LogP contribution in [-0.4, -0.2) is 12.6 Å². The van der Waals surface area contributed by atoms with Crippen molar-refractivity contribution in [3.63, 3.8) is 0 Å². The summed E-state index contributed by atoms with van der Waals surface area (Å²) in [7, 11) is 0. The first-order chi connectivity index (χ1) is 10.6. The van der Waals surface area contributed by atoms with Crippen molar-refractivity contribution in [2.45, 2.75) is 19.4 Å². The van der Waals surface area contributed by atoms with Gasteiger partial charge in [0.15, 0.2) is 0 Å². The molecule has 2 aromatic rings. The van der Waals surface area contributed by atoms with Gasteiger partial charge >= 0.3 is 6.03 Å². The summed E-state index contributed by atoms with van der Waals surface area (Å²) in [5.74, 6) is -0.255. The number of nitrogens with one attached hydrogen (secondary N) is 2. The summed E-state index contributed by atoms with van der Waals surface area (Å²) in [5.41, 5.74) is 1.44. The Morgan fingerprint density at radius 1 is 1.18 bits per heavy atom. The molecule has 2 aromatic carbocycles. The van der Waals surface area contributed by atoms with E-state index >= 15 is 0 Å². The molecule has 0 bridgehead atoms. The number of halogens is 2. The van der Waals surface area contributed by atoms with E-state index in [4.69, 9.17) is 11.6 Å². The molecule has 2 amide bonds. The highest BCUT2D eigenvalue weighted by atomic mass is 35.5. The number of hydrogen-bond donors (Lipinski definition) is 2. The van der Waals surface area contributed by atoms with Gasteiger partial charge in [-0.1, -0.05) is 48.0 Å². The van der Waals surface area contributed by atoms with E-state index < -0.39 is 0 Å². The summed E-state index contributed by atoms with van der Waals surface area (Å²) < 4.78 is 13.4. The fourth-order valence-electron chi connectivity index (χ4n) is 2.16. The van der Waals surface area contributed by atoms with E-state index in [0.717, 1.165) is 5.56 Å². The molecule has 22 heavy (non-hydrogen) atoms. The molecule has 0 saturated carbocycles. The van der Waals surface area contributed by atoms with Crippen LogP contribution >= 0.6 is 11.6 Å². The zero-order chi connectivity index (χ0) is 15.9. The van der Waals surface area contributed by atoms with Crippen LogP contribution in [-0.2, 0) is 6.42 Å². The number of carbonyl (C=O) groups excluding carboxylic acids is 1. The van der Waals surface area contributed by atoms with Crippen molar-refractivity contribution in [3.8, 4) is 0 Å². The van der Waals surface area contributed by atoms with Crippen LogP contribution < -0.4 is 10.6 Å². The number of urea groups is 1. The van der Waals surface area contributed by atoms with Gasteiger partial charge in [0.2, 0.25) is 0 Å². The fraction of sp³-hybridized carbons (Fsp3) is 0.235. The molecule has 0 saturated heterocycles. The smallest absolute Gasteiger partial charge is 0.315 e. The molecule has 2 N–H and O–H groups in total. The number of amides is 2. The van der Waals surface area contributed by atoms with Crippen molar-refractivity contribution < 1.29 is 9.18 Å². The summed E-state index contributed by atoms with van der Waals surface area (Å²) in [4.78, 5) is 11.9. The zero-order valence-corrected chi connectivity index (χ0v) is 13.0. The van der Waals surface area contributed by atoms with Crippen LogP contribution in [0.1, 0.15) is 24.1 Å². The van der Waals surface area contributed by atoms with Crippen LogP contribution in [0.4, 0.5) is 9.18 Å². The summed E-state index contributed by atoms with van der Waals surface area (Å²) in [5, 5.41) is 6.14. The van der Waals surface area contributed by atoms with Crippen LogP contribution in [0.3, 0.4) is 0 Å². The highest BCUT2D eigenvalue weighted by Crippen LogP contribution is 2.21. The van der Waals surface area contributed by atoms with Crippen molar-refractivity contribution >= 4 is 17.6 Å². The standard InChI is InChI=1S/C17H18ClFN2O/c1-12(14-7-3-4-8-15(14)18)21-17(22)20-11-10-13-6-2-5-9-16(13)19/h2-9,12H,10-11H2,1H3,(H2,20,21,22). The highest BCUT2D eigenvalue weighted by molar-refractivity contribution is 6.31. The van der Waals surface area contributed by atoms with E-state index in [2.05, 4.69) is 10.6 Å². The van der Waals surface area contributed by atoms with E-state index in [0.29, 0.717) is 23.6 Å². The minimum absolute atomic E-state index is 0.206. The highest BCUT2D eigenvalue weighted by Gasteiger charge is 2.11. The molecular weight excluding hydrogens is 303 g/mol. The lowest BCUT2D eigenvalue weighted by atomic mass is 10.1. The summed E-state index contributed by atoms with van der Waals surface area (Å²) in [6.45, 7) is 2.22. The zero-order valence-electron chi connectivity index (χ0n) is 12.3. The first-order valence-corrected chi connectivity index (χ1v) is 7.48. The number of carbonyl (C=O) groups is 1. The molecule has 1 unspecified atom stereocenters.